The molecular weight excluding hydrogens is 256 g/mol. The fourth-order valence-corrected chi connectivity index (χ4v) is 2.42. The lowest BCUT2D eigenvalue weighted by Crippen LogP contribution is -2.45. The van der Waals surface area contributed by atoms with Crippen LogP contribution in [0.3, 0.4) is 0 Å². The van der Waals surface area contributed by atoms with E-state index < -0.39 is 16.4 Å². The minimum atomic E-state index is -1.31. The molecule has 98 valence electrons. The van der Waals surface area contributed by atoms with E-state index in [9.17, 15) is 14.9 Å². The van der Waals surface area contributed by atoms with E-state index in [2.05, 4.69) is 0 Å². The zero-order chi connectivity index (χ0) is 13.8. The maximum absolute atomic E-state index is 10.8. The number of rotatable bonds is 6. The Morgan fingerprint density at radius 1 is 1.56 bits per heavy atom. The smallest absolute Gasteiger partial charge is 0.323 e. The van der Waals surface area contributed by atoms with Gasteiger partial charge in [0.05, 0.1) is 9.82 Å². The average Bonchev–Trinajstić information content (AvgIpc) is 2.29. The average molecular weight is 270 g/mol. The molecule has 0 saturated carbocycles. The predicted octanol–water partition coefficient (Wildman–Crippen LogP) is 1.88. The number of thioether (sulfide) groups is 1. The molecule has 0 aliphatic heterocycles. The molecule has 1 aromatic carbocycles. The number of nitro groups is 1. The van der Waals surface area contributed by atoms with Crippen LogP contribution in [-0.2, 0) is 4.79 Å². The number of hydrogen-bond acceptors (Lipinski definition) is 5. The second-order valence-corrected chi connectivity index (χ2v) is 5.18. The third kappa shape index (κ3) is 3.71. The highest BCUT2D eigenvalue weighted by atomic mass is 32.2. The molecule has 0 spiro atoms. The maximum Gasteiger partial charge on any atom is 0.323 e. The summed E-state index contributed by atoms with van der Waals surface area (Å²) in [4.78, 5) is 21.6. The minimum absolute atomic E-state index is 0.0246. The summed E-state index contributed by atoms with van der Waals surface area (Å²) in [5.74, 6) is -0.671. The number of para-hydroxylation sites is 1. The van der Waals surface area contributed by atoms with Gasteiger partial charge in [-0.1, -0.05) is 12.1 Å². The van der Waals surface area contributed by atoms with E-state index in [4.69, 9.17) is 10.8 Å². The Balaban J connectivity index is 2.65. The summed E-state index contributed by atoms with van der Waals surface area (Å²) in [6.07, 6.45) is 0.235. The number of nitro benzene ring substituents is 1. The summed E-state index contributed by atoms with van der Waals surface area (Å²) in [7, 11) is 0. The van der Waals surface area contributed by atoms with E-state index in [-0.39, 0.29) is 12.1 Å². The molecule has 3 N–H and O–H groups in total. The summed E-state index contributed by atoms with van der Waals surface area (Å²) >= 11 is 1.23. The Morgan fingerprint density at radius 2 is 2.17 bits per heavy atom. The van der Waals surface area contributed by atoms with Crippen molar-refractivity contribution in [2.45, 2.75) is 23.8 Å². The third-order valence-electron chi connectivity index (χ3n) is 2.43. The lowest BCUT2D eigenvalue weighted by molar-refractivity contribution is -0.387. The first-order valence-electron chi connectivity index (χ1n) is 5.23. The van der Waals surface area contributed by atoms with Crippen molar-refractivity contribution >= 4 is 23.4 Å². The molecule has 6 nitrogen and oxygen atoms in total. The molecule has 0 saturated heterocycles. The number of carbonyl (C=O) groups is 1. The van der Waals surface area contributed by atoms with Crippen LogP contribution in [0.5, 0.6) is 0 Å². The van der Waals surface area contributed by atoms with E-state index >= 15 is 0 Å². The fraction of sp³-hybridized carbons (Fsp3) is 0.364. The van der Waals surface area contributed by atoms with Gasteiger partial charge in [-0.15, -0.1) is 11.8 Å². The highest BCUT2D eigenvalue weighted by molar-refractivity contribution is 7.99. The normalized spacial score (nSPS) is 13.9. The van der Waals surface area contributed by atoms with E-state index in [0.29, 0.717) is 10.6 Å². The maximum atomic E-state index is 10.8. The lowest BCUT2D eigenvalue weighted by atomic mass is 10.0. The molecule has 1 rings (SSSR count). The zero-order valence-corrected chi connectivity index (χ0v) is 10.6. The van der Waals surface area contributed by atoms with Gasteiger partial charge in [0.25, 0.3) is 5.69 Å². The topological polar surface area (TPSA) is 106 Å². The number of carboxylic acids is 1. The summed E-state index contributed by atoms with van der Waals surface area (Å²) in [6.45, 7) is 1.43. The number of nitrogens with two attached hydrogens (primary N) is 1. The van der Waals surface area contributed by atoms with Crippen LogP contribution in [0.2, 0.25) is 0 Å². The number of nitrogens with zero attached hydrogens (tertiary/aromatic N) is 1. The summed E-state index contributed by atoms with van der Waals surface area (Å²) in [6, 6.07) is 6.35. The molecule has 1 unspecified atom stereocenters. The minimum Gasteiger partial charge on any atom is -0.480 e. The van der Waals surface area contributed by atoms with Gasteiger partial charge in [-0.25, -0.2) is 0 Å². The molecule has 0 fully saturated rings. The van der Waals surface area contributed by atoms with E-state index in [1.807, 2.05) is 0 Å². The van der Waals surface area contributed by atoms with Crippen molar-refractivity contribution in [3.05, 3.63) is 34.4 Å². The molecule has 0 amide bonds. The van der Waals surface area contributed by atoms with Crippen molar-refractivity contribution in [3.8, 4) is 0 Å². The van der Waals surface area contributed by atoms with Crippen LogP contribution < -0.4 is 5.73 Å². The van der Waals surface area contributed by atoms with Crippen molar-refractivity contribution in [3.63, 3.8) is 0 Å². The Hall–Kier alpha value is -1.60. The number of benzene rings is 1. The van der Waals surface area contributed by atoms with Gasteiger partial charge in [0, 0.05) is 11.8 Å². The van der Waals surface area contributed by atoms with Gasteiger partial charge in [-0.2, -0.15) is 0 Å². The van der Waals surface area contributed by atoms with Gasteiger partial charge >= 0.3 is 5.97 Å². The van der Waals surface area contributed by atoms with Crippen LogP contribution in [0.1, 0.15) is 13.3 Å². The second kappa shape index (κ2) is 5.83. The lowest BCUT2D eigenvalue weighted by Gasteiger charge is -2.18. The Morgan fingerprint density at radius 3 is 2.72 bits per heavy atom. The summed E-state index contributed by atoms with van der Waals surface area (Å²) in [5, 5.41) is 19.6. The summed E-state index contributed by atoms with van der Waals surface area (Å²) in [5.41, 5.74) is 4.29. The van der Waals surface area contributed by atoms with Gasteiger partial charge in [0.1, 0.15) is 5.54 Å². The molecule has 1 aromatic rings. The molecule has 0 aliphatic carbocycles. The van der Waals surface area contributed by atoms with Gasteiger partial charge in [-0.05, 0) is 19.4 Å². The first-order valence-corrected chi connectivity index (χ1v) is 6.21. The van der Waals surface area contributed by atoms with Crippen LogP contribution >= 0.6 is 11.8 Å². The van der Waals surface area contributed by atoms with E-state index in [0.717, 1.165) is 0 Å². The standard InChI is InChI=1S/C11H14N2O4S/c1-11(12,10(14)15)6-7-18-9-5-3-2-4-8(9)13(16)17/h2-5H,6-7,12H2,1H3,(H,14,15). The van der Waals surface area contributed by atoms with Crippen molar-refractivity contribution < 1.29 is 14.8 Å². The monoisotopic (exact) mass is 270 g/mol. The van der Waals surface area contributed by atoms with Crippen LogP contribution in [0, 0.1) is 10.1 Å². The highest BCUT2D eigenvalue weighted by Gasteiger charge is 2.27. The molecule has 0 bridgehead atoms. The number of aliphatic carboxylic acids is 1. The predicted molar refractivity (Wildman–Crippen MR) is 68.7 cm³/mol. The first-order chi connectivity index (χ1) is 8.34. The van der Waals surface area contributed by atoms with E-state index in [1.165, 1.54) is 24.8 Å². The molecule has 0 aromatic heterocycles. The van der Waals surface area contributed by atoms with Crippen LogP contribution in [0.15, 0.2) is 29.2 Å². The van der Waals surface area contributed by atoms with Crippen LogP contribution in [0.25, 0.3) is 0 Å². The number of carboxylic acid groups (broad SMARTS) is 1. The fourth-order valence-electron chi connectivity index (χ4n) is 1.21. The molecule has 7 heteroatoms. The molecule has 1 atom stereocenters. The largest absolute Gasteiger partial charge is 0.480 e. The quantitative estimate of drug-likeness (QED) is 0.464. The Kier molecular flexibility index (Phi) is 4.69. The molecule has 0 radical (unpaired) electrons. The van der Waals surface area contributed by atoms with Crippen LogP contribution in [-0.4, -0.2) is 27.3 Å². The van der Waals surface area contributed by atoms with Gasteiger partial charge in [0.15, 0.2) is 0 Å². The molecule has 0 aliphatic rings. The van der Waals surface area contributed by atoms with Crippen molar-refractivity contribution in [2.75, 3.05) is 5.75 Å². The molecule has 0 heterocycles. The van der Waals surface area contributed by atoms with Gasteiger partial charge in [0.2, 0.25) is 0 Å². The van der Waals surface area contributed by atoms with Gasteiger partial charge < -0.3 is 10.8 Å². The highest BCUT2D eigenvalue weighted by Crippen LogP contribution is 2.29. The zero-order valence-electron chi connectivity index (χ0n) is 9.83. The van der Waals surface area contributed by atoms with Crippen LogP contribution in [0.4, 0.5) is 5.69 Å². The molecule has 18 heavy (non-hydrogen) atoms. The summed E-state index contributed by atoms with van der Waals surface area (Å²) < 4.78 is 0. The third-order valence-corrected chi connectivity index (χ3v) is 3.49. The first kappa shape index (κ1) is 14.5. The van der Waals surface area contributed by atoms with E-state index in [1.54, 1.807) is 18.2 Å². The van der Waals surface area contributed by atoms with Gasteiger partial charge in [-0.3, -0.25) is 14.9 Å². The molecular formula is C11H14N2O4S. The Bertz CT molecular complexity index is 462. The SMILES string of the molecule is CC(N)(CCSc1ccccc1[N+](=O)[O-])C(=O)O. The number of hydrogen-bond donors (Lipinski definition) is 2. The second-order valence-electron chi connectivity index (χ2n) is 4.05. The van der Waals surface area contributed by atoms with Crippen molar-refractivity contribution in [1.29, 1.82) is 0 Å². The van der Waals surface area contributed by atoms with Crippen molar-refractivity contribution in [1.82, 2.24) is 0 Å². The Labute approximate surface area is 108 Å². The van der Waals surface area contributed by atoms with Crippen molar-refractivity contribution in [2.24, 2.45) is 5.73 Å².